The minimum absolute atomic E-state index is 0.0239. The van der Waals surface area contributed by atoms with E-state index in [0.29, 0.717) is 0 Å². The molecule has 2 aliphatic rings. The smallest absolute Gasteiger partial charge is 0.240 e. The van der Waals surface area contributed by atoms with Crippen LogP contribution in [0.2, 0.25) is 0 Å². The lowest BCUT2D eigenvalue weighted by Gasteiger charge is -2.28. The maximum Gasteiger partial charge on any atom is 0.240 e. The molecule has 3 atom stereocenters. The van der Waals surface area contributed by atoms with E-state index in [1.165, 1.54) is 0 Å². The lowest BCUT2D eigenvalue weighted by molar-refractivity contribution is -0.139. The highest BCUT2D eigenvalue weighted by atomic mass is 16.2. The quantitative estimate of drug-likeness (QED) is 0.710. The maximum absolute atomic E-state index is 13.4. The number of amides is 3. The van der Waals surface area contributed by atoms with Gasteiger partial charge < -0.3 is 21.3 Å². The predicted molar refractivity (Wildman–Crippen MR) is 98.4 cm³/mol. The monoisotopic (exact) mass is 365 g/mol. The SMILES string of the molecule is [2H]c1c([2H])c([2H])c2c(c1[2H])NC(=O)[C@]21C[C@@H](C(N)=O)N(C(=O)[C@H](CC(C)C)NC([2H])([2H])[2H])C1. The maximum atomic E-state index is 13.4. The number of anilines is 1. The molecule has 1 aromatic carbocycles. The number of likely N-dealkylation sites (N-methyl/N-ethyl adjacent to an activating group) is 1. The molecule has 0 aromatic heterocycles. The number of carbonyl (C=O) groups excluding carboxylic acids is 3. The summed E-state index contributed by atoms with van der Waals surface area (Å²) >= 11 is 0. The minimum Gasteiger partial charge on any atom is -0.368 e. The molecule has 0 bridgehead atoms. The Balaban J connectivity index is 2.10. The summed E-state index contributed by atoms with van der Waals surface area (Å²) in [5, 5.41) is 4.78. The molecule has 2 aliphatic heterocycles. The fourth-order valence-electron chi connectivity index (χ4n) is 3.74. The van der Waals surface area contributed by atoms with Gasteiger partial charge in [0.05, 0.1) is 16.9 Å². The number of likely N-dealkylation sites (tertiary alicyclic amines) is 1. The molecule has 140 valence electrons. The summed E-state index contributed by atoms with van der Waals surface area (Å²) in [6.45, 7) is 0.591. The highest BCUT2D eigenvalue weighted by Crippen LogP contribution is 2.46. The molecule has 2 heterocycles. The third-order valence-electron chi connectivity index (χ3n) is 4.99. The van der Waals surface area contributed by atoms with Crippen LogP contribution in [0, 0.1) is 5.92 Å². The fourth-order valence-corrected chi connectivity index (χ4v) is 3.74. The van der Waals surface area contributed by atoms with Crippen LogP contribution in [-0.2, 0) is 19.8 Å². The van der Waals surface area contributed by atoms with Gasteiger partial charge in [-0.1, -0.05) is 32.0 Å². The summed E-state index contributed by atoms with van der Waals surface area (Å²) in [7, 11) is 0. The van der Waals surface area contributed by atoms with Crippen LogP contribution in [-0.4, -0.2) is 48.2 Å². The normalized spacial score (nSPS) is 29.8. The van der Waals surface area contributed by atoms with Gasteiger partial charge >= 0.3 is 0 Å². The molecule has 1 fully saturated rings. The number of hydrogen-bond acceptors (Lipinski definition) is 4. The van der Waals surface area contributed by atoms with Crippen LogP contribution < -0.4 is 16.4 Å². The fraction of sp³-hybridized carbons (Fsp3) is 0.526. The average molecular weight is 365 g/mol. The lowest BCUT2D eigenvalue weighted by Crippen LogP contribution is -2.51. The molecule has 1 aromatic rings. The summed E-state index contributed by atoms with van der Waals surface area (Å²) in [6, 6.07) is -4.38. The Morgan fingerprint density at radius 2 is 2.23 bits per heavy atom. The number of carbonyl (C=O) groups is 3. The highest BCUT2D eigenvalue weighted by molar-refractivity contribution is 6.08. The Bertz CT molecular complexity index is 1030. The van der Waals surface area contributed by atoms with Crippen LogP contribution in [0.3, 0.4) is 0 Å². The Hall–Kier alpha value is -2.41. The number of rotatable bonds is 5. The Morgan fingerprint density at radius 3 is 2.88 bits per heavy atom. The van der Waals surface area contributed by atoms with Crippen LogP contribution in [0.25, 0.3) is 0 Å². The van der Waals surface area contributed by atoms with Crippen LogP contribution in [0.15, 0.2) is 24.2 Å². The summed E-state index contributed by atoms with van der Waals surface area (Å²) < 4.78 is 54.8. The summed E-state index contributed by atoms with van der Waals surface area (Å²) in [6.07, 6.45) is -0.133. The van der Waals surface area contributed by atoms with E-state index in [2.05, 4.69) is 10.6 Å². The molecule has 0 saturated carbocycles. The Labute approximate surface area is 163 Å². The zero-order valence-corrected chi connectivity index (χ0v) is 14.6. The molecule has 7 heteroatoms. The number of nitrogens with zero attached hydrogens (tertiary/aromatic N) is 1. The number of benzene rings is 1. The molecule has 26 heavy (non-hydrogen) atoms. The number of fused-ring (bicyclic) bond motifs is 2. The molecule has 0 aliphatic carbocycles. The second-order valence-electron chi connectivity index (χ2n) is 7.20. The molecule has 1 saturated heterocycles. The Kier molecular flexibility index (Phi) is 2.93. The first-order chi connectivity index (χ1) is 15.1. The molecular weight excluding hydrogens is 332 g/mol. The summed E-state index contributed by atoms with van der Waals surface area (Å²) in [5.74, 6) is -2.36. The van der Waals surface area contributed by atoms with Gasteiger partial charge in [-0.05, 0) is 37.3 Å². The van der Waals surface area contributed by atoms with Gasteiger partial charge in [0, 0.05) is 16.3 Å². The first kappa shape index (κ1) is 11.3. The Morgan fingerprint density at radius 1 is 1.50 bits per heavy atom. The van der Waals surface area contributed by atoms with E-state index in [9.17, 15) is 14.4 Å². The number of nitrogens with two attached hydrogens (primary N) is 1. The van der Waals surface area contributed by atoms with Crippen molar-refractivity contribution in [3.63, 3.8) is 0 Å². The topological polar surface area (TPSA) is 105 Å². The van der Waals surface area contributed by atoms with Gasteiger partial charge in [0.25, 0.3) is 0 Å². The van der Waals surface area contributed by atoms with E-state index in [1.54, 1.807) is 13.8 Å². The van der Waals surface area contributed by atoms with Gasteiger partial charge in [-0.2, -0.15) is 0 Å². The molecule has 7 nitrogen and oxygen atoms in total. The third kappa shape index (κ3) is 2.86. The van der Waals surface area contributed by atoms with Gasteiger partial charge in [0.2, 0.25) is 17.7 Å². The second-order valence-corrected chi connectivity index (χ2v) is 7.20. The number of nitrogens with one attached hydrogen (secondary N) is 2. The molecule has 1 spiro atoms. The first-order valence-corrected chi connectivity index (χ1v) is 8.40. The van der Waals surface area contributed by atoms with Crippen LogP contribution >= 0.6 is 0 Å². The van der Waals surface area contributed by atoms with Gasteiger partial charge in [-0.3, -0.25) is 14.4 Å². The van der Waals surface area contributed by atoms with E-state index in [-0.39, 0.29) is 36.6 Å². The molecular formula is C19H26N4O3. The molecule has 3 amide bonds. The minimum atomic E-state index is -2.63. The third-order valence-corrected chi connectivity index (χ3v) is 4.99. The van der Waals surface area contributed by atoms with Crippen molar-refractivity contribution >= 4 is 23.4 Å². The van der Waals surface area contributed by atoms with E-state index in [1.807, 2.05) is 0 Å². The van der Waals surface area contributed by atoms with Crippen molar-refractivity contribution < 1.29 is 24.0 Å². The molecule has 0 unspecified atom stereocenters. The van der Waals surface area contributed by atoms with Crippen molar-refractivity contribution in [3.8, 4) is 0 Å². The van der Waals surface area contributed by atoms with Crippen molar-refractivity contribution in [2.24, 2.45) is 11.7 Å². The van der Waals surface area contributed by atoms with Gasteiger partial charge in [-0.25, -0.2) is 0 Å². The molecule has 4 N–H and O–H groups in total. The van der Waals surface area contributed by atoms with Gasteiger partial charge in [0.1, 0.15) is 6.04 Å². The van der Waals surface area contributed by atoms with Crippen LogP contribution in [0.4, 0.5) is 5.69 Å². The largest absolute Gasteiger partial charge is 0.368 e. The second kappa shape index (κ2) is 6.72. The average Bonchev–Trinajstić information content (AvgIpc) is 3.22. The number of para-hydroxylation sites is 1. The van der Waals surface area contributed by atoms with Crippen molar-refractivity contribution in [1.29, 1.82) is 0 Å². The van der Waals surface area contributed by atoms with E-state index >= 15 is 0 Å². The van der Waals surface area contributed by atoms with E-state index < -0.39 is 66.4 Å². The number of primary amides is 1. The zero-order chi connectivity index (χ0) is 25.0. The predicted octanol–water partition coefficient (Wildman–Crippen LogP) is 0.597. The van der Waals surface area contributed by atoms with E-state index in [4.69, 9.17) is 15.3 Å². The molecule has 0 radical (unpaired) electrons. The van der Waals surface area contributed by atoms with Crippen molar-refractivity contribution in [3.05, 3.63) is 29.7 Å². The van der Waals surface area contributed by atoms with Gasteiger partial charge in [-0.15, -0.1) is 0 Å². The number of hydrogen-bond donors (Lipinski definition) is 3. The lowest BCUT2D eigenvalue weighted by atomic mass is 9.79. The van der Waals surface area contributed by atoms with Crippen molar-refractivity contribution in [1.82, 2.24) is 10.2 Å². The summed E-state index contributed by atoms with van der Waals surface area (Å²) in [5.41, 5.74) is 3.81. The van der Waals surface area contributed by atoms with Crippen LogP contribution in [0.5, 0.6) is 0 Å². The first-order valence-electron chi connectivity index (χ1n) is 11.9. The molecule has 3 rings (SSSR count). The highest BCUT2D eigenvalue weighted by Gasteiger charge is 2.57. The standard InChI is InChI=1S/C19H26N4O3/c1-11(2)8-14(21-3)17(25)23-10-19(9-15(23)16(20)24)12-6-4-5-7-13(12)22-18(19)26/h4-7,11,14-15,21H,8-10H2,1-3H3,(H2,20,24)(H,22,26)/t14-,15-,19-/m0/s1/i3D3,4D,5D,6D,7D. The van der Waals surface area contributed by atoms with E-state index in [0.717, 1.165) is 4.90 Å². The van der Waals surface area contributed by atoms with Crippen LogP contribution in [0.1, 0.15) is 41.8 Å². The zero-order valence-electron chi connectivity index (χ0n) is 21.6. The van der Waals surface area contributed by atoms with Gasteiger partial charge in [0.15, 0.2) is 0 Å². The van der Waals surface area contributed by atoms with Crippen molar-refractivity contribution in [2.75, 3.05) is 18.8 Å². The summed E-state index contributed by atoms with van der Waals surface area (Å²) in [4.78, 5) is 39.9. The van der Waals surface area contributed by atoms with Crippen molar-refractivity contribution in [2.45, 2.75) is 44.2 Å².